The van der Waals surface area contributed by atoms with Gasteiger partial charge in [-0.2, -0.15) is 0 Å². The molecule has 1 fully saturated rings. The first-order valence-corrected chi connectivity index (χ1v) is 8.19. The fraction of sp³-hybridized carbons (Fsp3) is 0.556. The average molecular weight is 318 g/mol. The maximum absolute atomic E-state index is 12.6. The number of nitrogens with one attached hydrogen (secondary N) is 2. The predicted molar refractivity (Wildman–Crippen MR) is 90.3 cm³/mol. The average Bonchev–Trinajstić information content (AvgIpc) is 3.33. The Hall–Kier alpha value is -1.88. The van der Waals surface area contributed by atoms with Crippen LogP contribution in [0.3, 0.4) is 0 Å². The first-order valence-electron chi connectivity index (χ1n) is 8.19. The Kier molecular flexibility index (Phi) is 5.77. The number of hydrogen-bond donors (Lipinski definition) is 2. The van der Waals surface area contributed by atoms with Crippen LogP contribution in [-0.4, -0.2) is 32.1 Å². The smallest absolute Gasteiger partial charge is 0.240 e. The van der Waals surface area contributed by atoms with Gasteiger partial charge in [-0.15, -0.1) is 0 Å². The minimum atomic E-state index is -0.892. The molecule has 0 radical (unpaired) electrons. The van der Waals surface area contributed by atoms with E-state index >= 15 is 0 Å². The highest BCUT2D eigenvalue weighted by Crippen LogP contribution is 2.47. The summed E-state index contributed by atoms with van der Waals surface area (Å²) in [5.41, 5.74) is 0.986. The van der Waals surface area contributed by atoms with Gasteiger partial charge in [-0.1, -0.05) is 32.0 Å². The summed E-state index contributed by atoms with van der Waals surface area (Å²) < 4.78 is 4.96. The summed E-state index contributed by atoms with van der Waals surface area (Å²) >= 11 is 0. The van der Waals surface area contributed by atoms with Gasteiger partial charge in [0.15, 0.2) is 0 Å². The highest BCUT2D eigenvalue weighted by molar-refractivity contribution is 6.13. The van der Waals surface area contributed by atoms with Gasteiger partial charge in [-0.25, -0.2) is 0 Å². The summed E-state index contributed by atoms with van der Waals surface area (Å²) in [5.74, 6) is -0.0625. The predicted octanol–water partition coefficient (Wildman–Crippen LogP) is 2.68. The highest BCUT2D eigenvalue weighted by Gasteiger charge is 2.56. The fourth-order valence-corrected chi connectivity index (χ4v) is 2.63. The van der Waals surface area contributed by atoms with E-state index < -0.39 is 5.41 Å². The first-order chi connectivity index (χ1) is 11.0. The molecule has 0 atom stereocenters. The number of benzene rings is 1. The van der Waals surface area contributed by atoms with Gasteiger partial charge in [-0.3, -0.25) is 9.59 Å². The maximum atomic E-state index is 12.6. The maximum Gasteiger partial charge on any atom is 0.240 e. The molecule has 5 heteroatoms. The molecule has 2 amide bonds. The summed E-state index contributed by atoms with van der Waals surface area (Å²) in [6.45, 7) is 5.30. The molecule has 1 saturated carbocycles. The summed E-state index contributed by atoms with van der Waals surface area (Å²) in [5, 5.41) is 5.80. The van der Waals surface area contributed by atoms with Crippen molar-refractivity contribution in [3.05, 3.63) is 29.8 Å². The van der Waals surface area contributed by atoms with E-state index in [9.17, 15) is 9.59 Å². The monoisotopic (exact) mass is 318 g/mol. The number of methoxy groups -OCH3 is 1. The minimum absolute atomic E-state index is 0.173. The van der Waals surface area contributed by atoms with Crippen molar-refractivity contribution in [3.8, 4) is 0 Å². The van der Waals surface area contributed by atoms with Crippen molar-refractivity contribution < 1.29 is 14.3 Å². The van der Waals surface area contributed by atoms with Crippen molar-refractivity contribution in [1.29, 1.82) is 0 Å². The Labute approximate surface area is 137 Å². The number of ether oxygens (including phenoxy) is 1. The van der Waals surface area contributed by atoms with Crippen molar-refractivity contribution in [1.82, 2.24) is 5.32 Å². The molecule has 0 unspecified atom stereocenters. The van der Waals surface area contributed by atoms with Crippen LogP contribution in [0, 0.1) is 5.41 Å². The van der Waals surface area contributed by atoms with Crippen molar-refractivity contribution in [2.24, 2.45) is 5.41 Å². The van der Waals surface area contributed by atoms with E-state index in [2.05, 4.69) is 24.5 Å². The van der Waals surface area contributed by atoms with Crippen LogP contribution >= 0.6 is 0 Å². The molecule has 2 rings (SSSR count). The minimum Gasteiger partial charge on any atom is -0.385 e. The second-order valence-corrected chi connectivity index (χ2v) is 6.38. The number of amides is 2. The Bertz CT molecular complexity index is 565. The fourth-order valence-electron chi connectivity index (χ4n) is 2.63. The number of para-hydroxylation sites is 1. The lowest BCUT2D eigenvalue weighted by molar-refractivity contribution is -0.134. The summed E-state index contributed by atoms with van der Waals surface area (Å²) in [4.78, 5) is 24.9. The molecule has 0 spiro atoms. The molecule has 2 N–H and O–H groups in total. The van der Waals surface area contributed by atoms with Crippen molar-refractivity contribution in [2.45, 2.75) is 39.0 Å². The molecular formula is C18H26N2O3. The molecule has 1 aliphatic carbocycles. The van der Waals surface area contributed by atoms with Gasteiger partial charge in [0, 0.05) is 25.9 Å². The topological polar surface area (TPSA) is 67.4 Å². The highest BCUT2D eigenvalue weighted by atomic mass is 16.5. The molecule has 1 aromatic rings. The lowest BCUT2D eigenvalue weighted by Crippen LogP contribution is -2.40. The molecule has 23 heavy (non-hydrogen) atoms. The Balaban J connectivity index is 1.99. The second-order valence-electron chi connectivity index (χ2n) is 6.38. The lowest BCUT2D eigenvalue weighted by atomic mass is 9.99. The first kappa shape index (κ1) is 17.5. The van der Waals surface area contributed by atoms with Crippen LogP contribution in [0.2, 0.25) is 0 Å². The molecule has 1 aromatic carbocycles. The largest absolute Gasteiger partial charge is 0.385 e. The van der Waals surface area contributed by atoms with E-state index in [-0.39, 0.29) is 11.8 Å². The third-order valence-corrected chi connectivity index (χ3v) is 4.26. The lowest BCUT2D eigenvalue weighted by Gasteiger charge is -2.18. The van der Waals surface area contributed by atoms with Crippen LogP contribution in [0.1, 0.15) is 44.6 Å². The van der Waals surface area contributed by atoms with Crippen molar-refractivity contribution in [2.75, 3.05) is 25.6 Å². The van der Waals surface area contributed by atoms with Gasteiger partial charge < -0.3 is 15.4 Å². The normalized spacial score (nSPS) is 15.3. The van der Waals surface area contributed by atoms with E-state index in [1.54, 1.807) is 7.11 Å². The zero-order valence-electron chi connectivity index (χ0n) is 14.1. The van der Waals surface area contributed by atoms with E-state index in [0.717, 1.165) is 17.7 Å². The second kappa shape index (κ2) is 7.59. The Morgan fingerprint density at radius 3 is 2.52 bits per heavy atom. The van der Waals surface area contributed by atoms with E-state index in [1.165, 1.54) is 0 Å². The van der Waals surface area contributed by atoms with E-state index in [4.69, 9.17) is 4.74 Å². The van der Waals surface area contributed by atoms with Gasteiger partial charge in [0.25, 0.3) is 0 Å². The molecule has 5 nitrogen and oxygen atoms in total. The van der Waals surface area contributed by atoms with Crippen LogP contribution in [0.4, 0.5) is 5.69 Å². The van der Waals surface area contributed by atoms with Crippen molar-refractivity contribution >= 4 is 17.5 Å². The van der Waals surface area contributed by atoms with Crippen LogP contribution in [0.15, 0.2) is 24.3 Å². The molecule has 0 aromatic heterocycles. The number of hydrogen-bond acceptors (Lipinski definition) is 3. The zero-order chi connectivity index (χ0) is 16.9. The molecule has 0 heterocycles. The number of carbonyl (C=O) groups is 2. The Morgan fingerprint density at radius 2 is 1.91 bits per heavy atom. The van der Waals surface area contributed by atoms with Gasteiger partial charge >= 0.3 is 0 Å². The van der Waals surface area contributed by atoms with Crippen LogP contribution in [-0.2, 0) is 14.3 Å². The van der Waals surface area contributed by atoms with Gasteiger partial charge in [-0.05, 0) is 36.8 Å². The molecular weight excluding hydrogens is 292 g/mol. The van der Waals surface area contributed by atoms with Gasteiger partial charge in [0.2, 0.25) is 11.8 Å². The van der Waals surface area contributed by atoms with E-state index in [1.807, 2.05) is 24.3 Å². The van der Waals surface area contributed by atoms with E-state index in [0.29, 0.717) is 31.9 Å². The SMILES string of the molecule is COCCCNC(=O)C1(C(=O)Nc2ccccc2C(C)C)CC1. The quantitative estimate of drug-likeness (QED) is 0.572. The molecule has 0 saturated heterocycles. The van der Waals surface area contributed by atoms with Gasteiger partial charge in [0.05, 0.1) is 0 Å². The van der Waals surface area contributed by atoms with Crippen LogP contribution < -0.4 is 10.6 Å². The summed E-state index contributed by atoms with van der Waals surface area (Å²) in [6, 6.07) is 7.75. The summed E-state index contributed by atoms with van der Waals surface area (Å²) in [7, 11) is 1.63. The number of carbonyl (C=O) groups excluding carboxylic acids is 2. The molecule has 0 bridgehead atoms. The molecule has 1 aliphatic rings. The number of rotatable bonds is 8. The molecule has 0 aliphatic heterocycles. The van der Waals surface area contributed by atoms with Gasteiger partial charge in [0.1, 0.15) is 5.41 Å². The third-order valence-electron chi connectivity index (χ3n) is 4.26. The van der Waals surface area contributed by atoms with Crippen LogP contribution in [0.25, 0.3) is 0 Å². The standard InChI is InChI=1S/C18H26N2O3/c1-13(2)14-7-4-5-8-15(14)20-17(22)18(9-10-18)16(21)19-11-6-12-23-3/h4-5,7-8,13H,6,9-12H2,1-3H3,(H,19,21)(H,20,22). The number of anilines is 1. The van der Waals surface area contributed by atoms with Crippen LogP contribution in [0.5, 0.6) is 0 Å². The Morgan fingerprint density at radius 1 is 1.22 bits per heavy atom. The molecule has 126 valence electrons. The third kappa shape index (κ3) is 4.10. The van der Waals surface area contributed by atoms with Crippen molar-refractivity contribution in [3.63, 3.8) is 0 Å². The zero-order valence-corrected chi connectivity index (χ0v) is 14.1. The summed E-state index contributed by atoms with van der Waals surface area (Å²) in [6.07, 6.45) is 1.97.